The molecule has 0 N–H and O–H groups in total. The molecule has 0 saturated carbocycles. The van der Waals surface area contributed by atoms with Crippen LogP contribution in [0.1, 0.15) is 51.3 Å². The Morgan fingerprint density at radius 2 is 1.43 bits per heavy atom. The highest BCUT2D eigenvalue weighted by Gasteiger charge is 2.40. The Morgan fingerprint density at radius 3 is 1.91 bits per heavy atom. The number of carbonyl (C=O) groups is 4. The van der Waals surface area contributed by atoms with Crippen LogP contribution in [0.25, 0.3) is 0 Å². The number of nitrogens with zero attached hydrogens (tertiary/aromatic N) is 2. The summed E-state index contributed by atoms with van der Waals surface area (Å²) >= 11 is 0. The molecule has 2 aromatic carbocycles. The number of carbonyl (C=O) groups excluding carboxylic acids is 4. The predicted molar refractivity (Wildman–Crippen MR) is 129 cm³/mol. The number of rotatable bonds is 8. The van der Waals surface area contributed by atoms with Crippen molar-refractivity contribution in [3.8, 4) is 0 Å². The number of amides is 2. The summed E-state index contributed by atoms with van der Waals surface area (Å²) in [6.07, 6.45) is -0.376. The van der Waals surface area contributed by atoms with Gasteiger partial charge >= 0.3 is 23.8 Å². The van der Waals surface area contributed by atoms with Crippen LogP contribution in [0.5, 0.6) is 0 Å². The number of hydrogen-bond donors (Lipinski definition) is 0. The number of hydrogen-bond acceptors (Lipinski definition) is 6. The van der Waals surface area contributed by atoms with Gasteiger partial charge in [0, 0.05) is 13.1 Å². The molecule has 1 aliphatic rings. The first-order valence-electron chi connectivity index (χ1n) is 11.7. The van der Waals surface area contributed by atoms with Gasteiger partial charge in [0.15, 0.2) is 6.10 Å². The van der Waals surface area contributed by atoms with Crippen molar-refractivity contribution < 1.29 is 28.7 Å². The maximum atomic E-state index is 13.3. The van der Waals surface area contributed by atoms with Crippen LogP contribution >= 0.6 is 0 Å². The standard InChI is InChI=1S/C27H32N2O6/c1-5-21(29-17-16-28(24(31)25(29)32)18-22(30)35-27(2,3)4)26(33)34-23(19-12-8-6-9-13-19)20-14-10-7-11-15-20/h6-15,21,23H,5,16-18H2,1-4H3. The van der Waals surface area contributed by atoms with E-state index in [1.807, 2.05) is 60.7 Å². The minimum absolute atomic E-state index is 0.113. The van der Waals surface area contributed by atoms with E-state index in [0.717, 1.165) is 16.0 Å². The van der Waals surface area contributed by atoms with Crippen LogP contribution in [0.3, 0.4) is 0 Å². The summed E-state index contributed by atoms with van der Waals surface area (Å²) in [6, 6.07) is 17.8. The molecule has 1 aliphatic heterocycles. The number of ether oxygens (including phenoxy) is 2. The van der Waals surface area contributed by atoms with Gasteiger partial charge in [-0.3, -0.25) is 14.4 Å². The molecule has 0 spiro atoms. The zero-order valence-electron chi connectivity index (χ0n) is 20.6. The van der Waals surface area contributed by atoms with Crippen LogP contribution in [-0.4, -0.2) is 64.8 Å². The van der Waals surface area contributed by atoms with Gasteiger partial charge in [-0.05, 0) is 38.3 Å². The zero-order chi connectivity index (χ0) is 25.6. The van der Waals surface area contributed by atoms with Crippen molar-refractivity contribution in [1.82, 2.24) is 9.80 Å². The van der Waals surface area contributed by atoms with E-state index in [9.17, 15) is 19.2 Å². The van der Waals surface area contributed by atoms with Gasteiger partial charge in [-0.1, -0.05) is 67.6 Å². The summed E-state index contributed by atoms with van der Waals surface area (Å²) < 4.78 is 11.2. The van der Waals surface area contributed by atoms with Crippen LogP contribution in [0.2, 0.25) is 0 Å². The van der Waals surface area contributed by atoms with Crippen LogP contribution in [0, 0.1) is 0 Å². The first kappa shape index (κ1) is 25.9. The number of benzene rings is 2. The van der Waals surface area contributed by atoms with E-state index in [-0.39, 0.29) is 26.1 Å². The summed E-state index contributed by atoms with van der Waals surface area (Å²) in [5.74, 6) is -2.85. The molecule has 8 heteroatoms. The van der Waals surface area contributed by atoms with E-state index >= 15 is 0 Å². The van der Waals surface area contributed by atoms with Crippen molar-refractivity contribution in [2.24, 2.45) is 0 Å². The average molecular weight is 481 g/mol. The highest BCUT2D eigenvalue weighted by atomic mass is 16.6. The van der Waals surface area contributed by atoms with Crippen LogP contribution in [0.15, 0.2) is 60.7 Å². The summed E-state index contributed by atoms with van der Waals surface area (Å²) in [5.41, 5.74) is 0.898. The Kier molecular flexibility index (Phi) is 8.27. The van der Waals surface area contributed by atoms with Crippen LogP contribution in [0.4, 0.5) is 0 Å². The Balaban J connectivity index is 1.73. The SMILES string of the molecule is CCC(C(=O)OC(c1ccccc1)c1ccccc1)N1CCN(CC(=O)OC(C)(C)C)C(=O)C1=O. The molecule has 8 nitrogen and oxygen atoms in total. The third-order valence-corrected chi connectivity index (χ3v) is 5.56. The van der Waals surface area contributed by atoms with Gasteiger partial charge in [-0.15, -0.1) is 0 Å². The third-order valence-electron chi connectivity index (χ3n) is 5.56. The van der Waals surface area contributed by atoms with Crippen molar-refractivity contribution in [1.29, 1.82) is 0 Å². The lowest BCUT2D eigenvalue weighted by Crippen LogP contribution is -2.60. The second kappa shape index (κ2) is 11.2. The maximum absolute atomic E-state index is 13.3. The molecular weight excluding hydrogens is 448 g/mol. The van der Waals surface area contributed by atoms with Gasteiger partial charge < -0.3 is 19.3 Å². The number of piperazine rings is 1. The lowest BCUT2D eigenvalue weighted by molar-refractivity contribution is -0.169. The van der Waals surface area contributed by atoms with E-state index in [1.165, 1.54) is 4.90 Å². The van der Waals surface area contributed by atoms with Gasteiger partial charge in [-0.25, -0.2) is 4.79 Å². The minimum atomic E-state index is -0.926. The molecule has 2 amide bonds. The van der Waals surface area contributed by atoms with Gasteiger partial charge in [0.2, 0.25) is 0 Å². The molecule has 0 aromatic heterocycles. The topological polar surface area (TPSA) is 93.2 Å². The number of esters is 2. The first-order chi connectivity index (χ1) is 16.6. The molecule has 0 radical (unpaired) electrons. The van der Waals surface area contributed by atoms with Crippen molar-refractivity contribution in [2.45, 2.75) is 51.9 Å². The van der Waals surface area contributed by atoms with E-state index in [4.69, 9.17) is 9.47 Å². The first-order valence-corrected chi connectivity index (χ1v) is 11.7. The lowest BCUT2D eigenvalue weighted by Gasteiger charge is -2.37. The fraction of sp³-hybridized carbons (Fsp3) is 0.407. The Labute approximate surface area is 205 Å². The lowest BCUT2D eigenvalue weighted by atomic mass is 10.0. The summed E-state index contributed by atoms with van der Waals surface area (Å²) in [5, 5.41) is 0. The van der Waals surface area contributed by atoms with E-state index in [0.29, 0.717) is 0 Å². The molecule has 35 heavy (non-hydrogen) atoms. The van der Waals surface area contributed by atoms with Gasteiger partial charge in [0.05, 0.1) is 0 Å². The smallest absolute Gasteiger partial charge is 0.329 e. The molecule has 1 fully saturated rings. The molecule has 1 atom stereocenters. The maximum Gasteiger partial charge on any atom is 0.329 e. The van der Waals surface area contributed by atoms with E-state index < -0.39 is 41.5 Å². The molecule has 3 rings (SSSR count). The quantitative estimate of drug-likeness (QED) is 0.426. The Bertz CT molecular complexity index is 1010. The highest BCUT2D eigenvalue weighted by molar-refractivity contribution is 6.36. The Morgan fingerprint density at radius 1 is 0.886 bits per heavy atom. The van der Waals surface area contributed by atoms with Gasteiger partial charge in [0.25, 0.3) is 0 Å². The molecule has 2 aromatic rings. The second-order valence-corrected chi connectivity index (χ2v) is 9.37. The van der Waals surface area contributed by atoms with Crippen molar-refractivity contribution in [3.63, 3.8) is 0 Å². The van der Waals surface area contributed by atoms with Crippen LogP contribution in [-0.2, 0) is 28.7 Å². The van der Waals surface area contributed by atoms with E-state index in [1.54, 1.807) is 27.7 Å². The fourth-order valence-electron chi connectivity index (χ4n) is 3.96. The molecule has 0 aliphatic carbocycles. The summed E-state index contributed by atoms with van der Waals surface area (Å²) in [4.78, 5) is 53.4. The zero-order valence-corrected chi connectivity index (χ0v) is 20.6. The second-order valence-electron chi connectivity index (χ2n) is 9.37. The van der Waals surface area contributed by atoms with Gasteiger partial charge in [0.1, 0.15) is 18.2 Å². The van der Waals surface area contributed by atoms with Crippen molar-refractivity contribution in [2.75, 3.05) is 19.6 Å². The molecular formula is C27H32N2O6. The van der Waals surface area contributed by atoms with Crippen molar-refractivity contribution >= 4 is 23.8 Å². The van der Waals surface area contributed by atoms with Gasteiger partial charge in [-0.2, -0.15) is 0 Å². The minimum Gasteiger partial charge on any atom is -0.459 e. The average Bonchev–Trinajstić information content (AvgIpc) is 2.82. The van der Waals surface area contributed by atoms with Crippen molar-refractivity contribution in [3.05, 3.63) is 71.8 Å². The normalized spacial score (nSPS) is 15.2. The monoisotopic (exact) mass is 480 g/mol. The molecule has 186 valence electrons. The third kappa shape index (κ3) is 6.68. The largest absolute Gasteiger partial charge is 0.459 e. The molecule has 1 unspecified atom stereocenters. The summed E-state index contributed by atoms with van der Waals surface area (Å²) in [6.45, 7) is 6.86. The molecule has 1 heterocycles. The Hall–Kier alpha value is -3.68. The van der Waals surface area contributed by atoms with E-state index in [2.05, 4.69) is 0 Å². The highest BCUT2D eigenvalue weighted by Crippen LogP contribution is 2.27. The predicted octanol–water partition coefficient (Wildman–Crippen LogP) is 3.11. The fourth-order valence-corrected chi connectivity index (χ4v) is 3.96. The molecule has 1 saturated heterocycles. The molecule has 0 bridgehead atoms. The summed E-state index contributed by atoms with van der Waals surface area (Å²) in [7, 11) is 0. The van der Waals surface area contributed by atoms with Crippen LogP contribution < -0.4 is 0 Å².